The van der Waals surface area contributed by atoms with Gasteiger partial charge >= 0.3 is 0 Å². The van der Waals surface area contributed by atoms with E-state index in [0.717, 1.165) is 0 Å². The number of aryl methyl sites for hydroxylation is 1. The number of hydrogen-bond acceptors (Lipinski definition) is 1. The molecule has 0 bridgehead atoms. The van der Waals surface area contributed by atoms with Gasteiger partial charge < -0.3 is 0 Å². The number of rotatable bonds is 6. The second-order valence-corrected chi connectivity index (χ2v) is 7.38. The maximum Gasteiger partial charge on any atom is 0.0704 e. The van der Waals surface area contributed by atoms with Crippen molar-refractivity contribution in [2.24, 2.45) is 5.92 Å². The molecule has 0 aromatic carbocycles. The molecule has 16 heavy (non-hydrogen) atoms. The highest BCUT2D eigenvalue weighted by molar-refractivity contribution is 9.11. The molecule has 0 N–H and O–H groups in total. The Hall–Kier alpha value is 0.470. The first-order chi connectivity index (χ1) is 7.60. The van der Waals surface area contributed by atoms with E-state index < -0.39 is 0 Å². The van der Waals surface area contributed by atoms with E-state index >= 15 is 0 Å². The Labute approximate surface area is 117 Å². The number of thiophene rings is 1. The quantitative estimate of drug-likeness (QED) is 0.538. The largest absolute Gasteiger partial charge is 0.133 e. The molecule has 2 atom stereocenters. The van der Waals surface area contributed by atoms with Crippen LogP contribution in [0.5, 0.6) is 0 Å². The van der Waals surface area contributed by atoms with Gasteiger partial charge in [0.2, 0.25) is 0 Å². The van der Waals surface area contributed by atoms with Crippen LogP contribution in [0, 0.1) is 12.8 Å². The highest BCUT2D eigenvalue weighted by Crippen LogP contribution is 2.40. The van der Waals surface area contributed by atoms with Crippen LogP contribution in [0.15, 0.2) is 9.85 Å². The summed E-state index contributed by atoms with van der Waals surface area (Å²) in [5.74, 6) is 0.613. The molecular weight excluding hydrogens is 304 g/mol. The fourth-order valence-corrected chi connectivity index (χ4v) is 4.36. The lowest BCUT2D eigenvalue weighted by atomic mass is 9.92. The standard InChI is InChI=1S/C13H20BrClS/c1-4-6-7-10(5-2)13(15)11-8-12(14)16-9(11)3/h8,10,13H,4-7H2,1-3H3. The van der Waals surface area contributed by atoms with Crippen molar-refractivity contribution in [2.75, 3.05) is 0 Å². The molecule has 1 heterocycles. The van der Waals surface area contributed by atoms with E-state index in [-0.39, 0.29) is 5.38 Å². The van der Waals surface area contributed by atoms with Crippen LogP contribution in [0.1, 0.15) is 55.3 Å². The topological polar surface area (TPSA) is 0 Å². The van der Waals surface area contributed by atoms with Gasteiger partial charge in [-0.1, -0.05) is 33.1 Å². The highest BCUT2D eigenvalue weighted by atomic mass is 79.9. The zero-order valence-corrected chi connectivity index (χ0v) is 13.4. The molecular formula is C13H20BrClS. The molecule has 3 heteroatoms. The Balaban J connectivity index is 2.74. The molecule has 92 valence electrons. The number of unbranched alkanes of at least 4 members (excludes halogenated alkanes) is 1. The molecule has 1 aromatic rings. The summed E-state index contributed by atoms with van der Waals surface area (Å²) in [7, 11) is 0. The first-order valence-electron chi connectivity index (χ1n) is 6.00. The Bertz CT molecular complexity index is 322. The van der Waals surface area contributed by atoms with Crippen LogP contribution >= 0.6 is 38.9 Å². The maximum absolute atomic E-state index is 6.61. The van der Waals surface area contributed by atoms with Crippen LogP contribution in [0.4, 0.5) is 0 Å². The van der Waals surface area contributed by atoms with Crippen molar-refractivity contribution in [1.82, 2.24) is 0 Å². The van der Waals surface area contributed by atoms with Crippen LogP contribution in [0.3, 0.4) is 0 Å². The molecule has 2 unspecified atom stereocenters. The summed E-state index contributed by atoms with van der Waals surface area (Å²) < 4.78 is 1.19. The molecule has 0 fully saturated rings. The van der Waals surface area contributed by atoms with E-state index in [1.807, 2.05) is 0 Å². The van der Waals surface area contributed by atoms with Gasteiger partial charge in [-0.3, -0.25) is 0 Å². The van der Waals surface area contributed by atoms with E-state index in [0.29, 0.717) is 5.92 Å². The summed E-state index contributed by atoms with van der Waals surface area (Å²) in [6.07, 6.45) is 4.95. The zero-order chi connectivity index (χ0) is 12.1. The monoisotopic (exact) mass is 322 g/mol. The Morgan fingerprint density at radius 3 is 2.56 bits per heavy atom. The van der Waals surface area contributed by atoms with Gasteiger partial charge in [0, 0.05) is 4.88 Å². The van der Waals surface area contributed by atoms with Gasteiger partial charge in [0.05, 0.1) is 9.16 Å². The molecule has 0 radical (unpaired) electrons. The maximum atomic E-state index is 6.61. The Morgan fingerprint density at radius 1 is 1.44 bits per heavy atom. The summed E-state index contributed by atoms with van der Waals surface area (Å²) in [6, 6.07) is 2.19. The lowest BCUT2D eigenvalue weighted by Crippen LogP contribution is -2.07. The predicted octanol–water partition coefficient (Wildman–Crippen LogP) is 6.32. The second kappa shape index (κ2) is 7.03. The lowest BCUT2D eigenvalue weighted by Gasteiger charge is -2.20. The molecule has 0 spiro atoms. The third kappa shape index (κ3) is 3.75. The normalized spacial score (nSPS) is 15.1. The van der Waals surface area contributed by atoms with E-state index in [1.54, 1.807) is 11.3 Å². The number of halogens is 2. The van der Waals surface area contributed by atoms with Crippen LogP contribution < -0.4 is 0 Å². The van der Waals surface area contributed by atoms with Gasteiger partial charge in [0.1, 0.15) is 0 Å². The van der Waals surface area contributed by atoms with Crippen molar-refractivity contribution in [3.8, 4) is 0 Å². The van der Waals surface area contributed by atoms with Crippen molar-refractivity contribution < 1.29 is 0 Å². The minimum atomic E-state index is 0.180. The van der Waals surface area contributed by atoms with Crippen LogP contribution in [0.2, 0.25) is 0 Å². The van der Waals surface area contributed by atoms with Crippen LogP contribution in [-0.4, -0.2) is 0 Å². The molecule has 0 aliphatic rings. The minimum absolute atomic E-state index is 0.180. The SMILES string of the molecule is CCCCC(CC)C(Cl)c1cc(Br)sc1C. The van der Waals surface area contributed by atoms with E-state index in [1.165, 1.54) is 39.9 Å². The first-order valence-corrected chi connectivity index (χ1v) is 8.04. The number of alkyl halides is 1. The summed E-state index contributed by atoms with van der Waals surface area (Å²) in [6.45, 7) is 6.64. The number of hydrogen-bond donors (Lipinski definition) is 0. The molecule has 0 amide bonds. The van der Waals surface area contributed by atoms with Crippen molar-refractivity contribution in [3.63, 3.8) is 0 Å². The average molecular weight is 324 g/mol. The third-order valence-electron chi connectivity index (χ3n) is 3.09. The Morgan fingerprint density at radius 2 is 2.12 bits per heavy atom. The van der Waals surface area contributed by atoms with Gasteiger partial charge in [0.15, 0.2) is 0 Å². The van der Waals surface area contributed by atoms with Crippen molar-refractivity contribution in [2.45, 2.75) is 51.8 Å². The average Bonchev–Trinajstić information content (AvgIpc) is 2.58. The second-order valence-electron chi connectivity index (χ2n) is 4.27. The van der Waals surface area contributed by atoms with Gasteiger partial charge in [-0.05, 0) is 46.8 Å². The van der Waals surface area contributed by atoms with Crippen molar-refractivity contribution in [1.29, 1.82) is 0 Å². The van der Waals surface area contributed by atoms with Gasteiger partial charge in [-0.2, -0.15) is 0 Å². The molecule has 1 aromatic heterocycles. The summed E-state index contributed by atoms with van der Waals surface area (Å²) in [5.41, 5.74) is 1.32. The molecule has 0 aliphatic carbocycles. The predicted molar refractivity (Wildman–Crippen MR) is 78.7 cm³/mol. The highest BCUT2D eigenvalue weighted by Gasteiger charge is 2.21. The van der Waals surface area contributed by atoms with Gasteiger partial charge in [-0.25, -0.2) is 0 Å². The van der Waals surface area contributed by atoms with E-state index in [2.05, 4.69) is 42.8 Å². The third-order valence-corrected chi connectivity index (χ3v) is 5.25. The molecule has 0 nitrogen and oxygen atoms in total. The molecule has 1 rings (SSSR count). The summed E-state index contributed by atoms with van der Waals surface area (Å²) >= 11 is 11.9. The minimum Gasteiger partial charge on any atom is -0.133 e. The molecule has 0 aliphatic heterocycles. The van der Waals surface area contributed by atoms with E-state index in [9.17, 15) is 0 Å². The van der Waals surface area contributed by atoms with Gasteiger partial charge in [0.25, 0.3) is 0 Å². The fraction of sp³-hybridized carbons (Fsp3) is 0.692. The summed E-state index contributed by atoms with van der Waals surface area (Å²) in [4.78, 5) is 1.35. The summed E-state index contributed by atoms with van der Waals surface area (Å²) in [5, 5.41) is 0.180. The first kappa shape index (κ1) is 14.5. The van der Waals surface area contributed by atoms with Crippen molar-refractivity contribution >= 4 is 38.9 Å². The molecule has 0 saturated carbocycles. The zero-order valence-electron chi connectivity index (χ0n) is 10.2. The molecule has 0 saturated heterocycles. The van der Waals surface area contributed by atoms with Gasteiger partial charge in [-0.15, -0.1) is 22.9 Å². The lowest BCUT2D eigenvalue weighted by molar-refractivity contribution is 0.437. The van der Waals surface area contributed by atoms with E-state index in [4.69, 9.17) is 11.6 Å². The Kier molecular flexibility index (Phi) is 6.38. The van der Waals surface area contributed by atoms with Crippen LogP contribution in [0.25, 0.3) is 0 Å². The fourth-order valence-electron chi connectivity index (χ4n) is 2.01. The van der Waals surface area contributed by atoms with Crippen LogP contribution in [-0.2, 0) is 0 Å². The smallest absolute Gasteiger partial charge is 0.0704 e. The van der Waals surface area contributed by atoms with Crippen molar-refractivity contribution in [3.05, 3.63) is 20.3 Å².